The predicted octanol–water partition coefficient (Wildman–Crippen LogP) is 7.13. The third-order valence-corrected chi connectivity index (χ3v) is 8.89. The van der Waals surface area contributed by atoms with Crippen LogP contribution in [0.15, 0.2) is 36.4 Å². The Hall–Kier alpha value is -1.78. The van der Waals surface area contributed by atoms with Gasteiger partial charge in [0.1, 0.15) is 0 Å². The van der Waals surface area contributed by atoms with Crippen LogP contribution in [0, 0.1) is 0 Å². The van der Waals surface area contributed by atoms with E-state index < -0.39 is 0 Å². The molecule has 4 bridgehead atoms. The van der Waals surface area contributed by atoms with Gasteiger partial charge in [-0.1, -0.05) is 12.1 Å². The molecule has 0 radical (unpaired) electrons. The maximum Gasteiger partial charge on any atom is 0.0532 e. The minimum atomic E-state index is 0.140. The molecule has 184 valence electrons. The number of anilines is 2. The zero-order valence-corrected chi connectivity index (χ0v) is 22.2. The molecule has 0 amide bonds. The second-order valence-corrected chi connectivity index (χ2v) is 13.4. The van der Waals surface area contributed by atoms with Gasteiger partial charge in [0.25, 0.3) is 0 Å². The highest BCUT2D eigenvalue weighted by Crippen LogP contribution is 2.45. The fourth-order valence-electron chi connectivity index (χ4n) is 7.72. The molecule has 4 aliphatic heterocycles. The summed E-state index contributed by atoms with van der Waals surface area (Å²) in [5.41, 5.74) is 3.03. The van der Waals surface area contributed by atoms with E-state index in [2.05, 4.69) is 98.0 Å². The zero-order chi connectivity index (χ0) is 23.8. The summed E-state index contributed by atoms with van der Waals surface area (Å²) in [5.74, 6) is 0. The fourth-order valence-corrected chi connectivity index (χ4v) is 7.72. The highest BCUT2D eigenvalue weighted by atomic mass is 15.7. The molecule has 6 aliphatic rings. The van der Waals surface area contributed by atoms with Crippen LogP contribution < -0.4 is 10.0 Å². The standard InChI is InChI=1S/C30H44N4/c1-29(2,3)33-25-15-11-23(12-16-25)31(33)27-9-7-21-8-10-28(20-22(21)19-27)32-24-13-17-26(18-14-24)34(32)30(4,5)6/h7-10,19-20,23-26H,11-18H2,1-6H3. The van der Waals surface area contributed by atoms with Crippen LogP contribution in [-0.2, 0) is 0 Å². The molecule has 6 fully saturated rings. The van der Waals surface area contributed by atoms with Crippen LogP contribution in [0.5, 0.6) is 0 Å². The number of nitrogens with zero attached hydrogens (tertiary/aromatic N) is 4. The van der Waals surface area contributed by atoms with E-state index in [1.165, 1.54) is 73.5 Å². The first-order chi connectivity index (χ1) is 16.1. The smallest absolute Gasteiger partial charge is 0.0532 e. The van der Waals surface area contributed by atoms with E-state index in [1.807, 2.05) is 0 Å². The monoisotopic (exact) mass is 460 g/mol. The minimum Gasteiger partial charge on any atom is -0.302 e. The van der Waals surface area contributed by atoms with Gasteiger partial charge in [-0.2, -0.15) is 0 Å². The Morgan fingerprint density at radius 1 is 0.500 bits per heavy atom. The molecule has 0 unspecified atom stereocenters. The van der Waals surface area contributed by atoms with E-state index in [1.54, 1.807) is 0 Å². The Bertz CT molecular complexity index is 967. The van der Waals surface area contributed by atoms with Gasteiger partial charge in [-0.15, -0.1) is 0 Å². The predicted molar refractivity (Wildman–Crippen MR) is 144 cm³/mol. The summed E-state index contributed by atoms with van der Waals surface area (Å²) < 4.78 is 0. The number of rotatable bonds is 2. The summed E-state index contributed by atoms with van der Waals surface area (Å²) in [5, 5.41) is 13.5. The van der Waals surface area contributed by atoms with Crippen molar-refractivity contribution in [3.63, 3.8) is 0 Å². The van der Waals surface area contributed by atoms with Crippen molar-refractivity contribution >= 4 is 22.1 Å². The van der Waals surface area contributed by atoms with Crippen molar-refractivity contribution in [2.45, 2.75) is 128 Å². The van der Waals surface area contributed by atoms with E-state index in [9.17, 15) is 0 Å². The second kappa shape index (κ2) is 7.86. The van der Waals surface area contributed by atoms with Crippen molar-refractivity contribution in [1.82, 2.24) is 10.0 Å². The van der Waals surface area contributed by atoms with Gasteiger partial charge in [-0.05, 0) is 128 Å². The van der Waals surface area contributed by atoms with Crippen molar-refractivity contribution < 1.29 is 0 Å². The maximum atomic E-state index is 2.71. The fraction of sp³-hybridized carbons (Fsp3) is 0.667. The van der Waals surface area contributed by atoms with Crippen LogP contribution in [0.2, 0.25) is 0 Å². The average Bonchev–Trinajstić information content (AvgIpc) is 2.82. The topological polar surface area (TPSA) is 13.0 Å². The number of hydrogen-bond donors (Lipinski definition) is 0. The molecule has 34 heavy (non-hydrogen) atoms. The number of fused-ring (bicyclic) bond motifs is 7. The summed E-state index contributed by atoms with van der Waals surface area (Å²) in [6.07, 6.45) is 10.7. The summed E-state index contributed by atoms with van der Waals surface area (Å²) in [6, 6.07) is 17.0. The Morgan fingerprint density at radius 2 is 0.853 bits per heavy atom. The van der Waals surface area contributed by atoms with Crippen LogP contribution >= 0.6 is 0 Å². The Labute approximate surface area is 206 Å². The van der Waals surface area contributed by atoms with E-state index in [0.29, 0.717) is 24.2 Å². The third kappa shape index (κ3) is 3.64. The Kier molecular flexibility index (Phi) is 5.24. The molecule has 4 nitrogen and oxygen atoms in total. The molecule has 2 aliphatic carbocycles. The molecule has 2 aromatic carbocycles. The SMILES string of the molecule is CC(C)(C)N1C2CCC(CC2)N1c1ccc2ccc(N3C4CCC(CC4)N3C(C)(C)C)cc2c1. The molecular formula is C30H44N4. The van der Waals surface area contributed by atoms with Gasteiger partial charge in [0.15, 0.2) is 0 Å². The molecule has 0 atom stereocenters. The van der Waals surface area contributed by atoms with Crippen LogP contribution in [0.25, 0.3) is 10.8 Å². The van der Waals surface area contributed by atoms with Crippen LogP contribution in [0.3, 0.4) is 0 Å². The third-order valence-electron chi connectivity index (χ3n) is 8.89. The van der Waals surface area contributed by atoms with Gasteiger partial charge >= 0.3 is 0 Å². The molecule has 2 aromatic rings. The van der Waals surface area contributed by atoms with Gasteiger partial charge in [-0.3, -0.25) is 0 Å². The molecular weight excluding hydrogens is 416 g/mol. The first kappa shape index (κ1) is 22.7. The van der Waals surface area contributed by atoms with Gasteiger partial charge in [0.2, 0.25) is 0 Å². The normalized spacial score (nSPS) is 30.5. The minimum absolute atomic E-state index is 0.140. The van der Waals surface area contributed by atoms with Crippen molar-refractivity contribution in [2.24, 2.45) is 0 Å². The lowest BCUT2D eigenvalue weighted by atomic mass is 9.84. The van der Waals surface area contributed by atoms with E-state index >= 15 is 0 Å². The maximum absolute atomic E-state index is 2.71. The molecule has 4 heteroatoms. The zero-order valence-electron chi connectivity index (χ0n) is 22.2. The summed E-state index contributed by atoms with van der Waals surface area (Å²) in [6.45, 7) is 14.3. The second-order valence-electron chi connectivity index (χ2n) is 13.4. The molecule has 0 aromatic heterocycles. The lowest BCUT2D eigenvalue weighted by Crippen LogP contribution is -2.67. The van der Waals surface area contributed by atoms with Gasteiger partial charge < -0.3 is 10.0 Å². The van der Waals surface area contributed by atoms with Gasteiger partial charge in [0, 0.05) is 35.2 Å². The van der Waals surface area contributed by atoms with Crippen LogP contribution in [0.1, 0.15) is 92.9 Å². The largest absolute Gasteiger partial charge is 0.302 e. The van der Waals surface area contributed by atoms with E-state index in [0.717, 1.165) is 0 Å². The van der Waals surface area contributed by atoms with Crippen molar-refractivity contribution in [3.8, 4) is 0 Å². The highest BCUT2D eigenvalue weighted by molar-refractivity contribution is 5.89. The lowest BCUT2D eigenvalue weighted by Gasteiger charge is -2.59. The summed E-state index contributed by atoms with van der Waals surface area (Å²) >= 11 is 0. The van der Waals surface area contributed by atoms with Crippen molar-refractivity contribution in [2.75, 3.05) is 10.0 Å². The molecule has 0 N–H and O–H groups in total. The van der Waals surface area contributed by atoms with Crippen LogP contribution in [-0.4, -0.2) is 45.3 Å². The number of benzene rings is 2. The Morgan fingerprint density at radius 3 is 1.21 bits per heavy atom. The average molecular weight is 461 g/mol. The molecule has 4 saturated heterocycles. The molecule has 8 rings (SSSR count). The van der Waals surface area contributed by atoms with Gasteiger partial charge in [0.05, 0.1) is 11.4 Å². The first-order valence-corrected chi connectivity index (χ1v) is 13.8. The summed E-state index contributed by atoms with van der Waals surface area (Å²) in [4.78, 5) is 0. The number of hydrazine groups is 2. The molecule has 0 spiro atoms. The highest BCUT2D eigenvalue weighted by Gasteiger charge is 2.46. The Balaban J connectivity index is 1.40. The summed E-state index contributed by atoms with van der Waals surface area (Å²) in [7, 11) is 0. The van der Waals surface area contributed by atoms with Crippen molar-refractivity contribution in [1.29, 1.82) is 0 Å². The van der Waals surface area contributed by atoms with Crippen molar-refractivity contribution in [3.05, 3.63) is 36.4 Å². The van der Waals surface area contributed by atoms with E-state index in [-0.39, 0.29) is 11.1 Å². The van der Waals surface area contributed by atoms with Gasteiger partial charge in [-0.25, -0.2) is 10.0 Å². The molecule has 2 saturated carbocycles. The molecule has 4 heterocycles. The van der Waals surface area contributed by atoms with E-state index in [4.69, 9.17) is 0 Å². The number of hydrogen-bond acceptors (Lipinski definition) is 4. The van der Waals surface area contributed by atoms with Crippen LogP contribution in [0.4, 0.5) is 11.4 Å². The quantitative estimate of drug-likeness (QED) is 0.472. The first-order valence-electron chi connectivity index (χ1n) is 13.8. The lowest BCUT2D eigenvalue weighted by molar-refractivity contribution is -0.0143.